The molecule has 0 saturated heterocycles. The molecule has 0 N–H and O–H groups in total. The van der Waals surface area contributed by atoms with Crippen molar-refractivity contribution in [2.24, 2.45) is 11.3 Å². The lowest BCUT2D eigenvalue weighted by molar-refractivity contribution is -0.0506. The number of hydrogen-bond acceptors (Lipinski definition) is 0. The molecule has 0 aromatic rings. The van der Waals surface area contributed by atoms with Gasteiger partial charge in [0.2, 0.25) is 0 Å². The van der Waals surface area contributed by atoms with Crippen molar-refractivity contribution in [2.45, 2.75) is 26.2 Å². The lowest BCUT2D eigenvalue weighted by atomic mass is 9.45. The van der Waals surface area contributed by atoms with Crippen LogP contribution in [0.15, 0.2) is 0 Å². The first kappa shape index (κ1) is 4.44. The van der Waals surface area contributed by atoms with Gasteiger partial charge in [-0.2, -0.15) is 0 Å². The van der Waals surface area contributed by atoms with Gasteiger partial charge in [0.1, 0.15) is 0 Å². The Morgan fingerprint density at radius 2 is 2.00 bits per heavy atom. The van der Waals surface area contributed by atoms with Crippen LogP contribution < -0.4 is 0 Å². The minimum absolute atomic E-state index is 0.555. The second-order valence-electron chi connectivity index (χ2n) is 3.13. The van der Waals surface area contributed by atoms with Crippen LogP contribution in [0.1, 0.15) is 26.2 Å². The lowest BCUT2D eigenvalue weighted by Crippen LogP contribution is -2.50. The van der Waals surface area contributed by atoms with Crippen molar-refractivity contribution in [3.63, 3.8) is 0 Å². The average Bonchev–Trinajstić information content (AvgIpc) is 1.50. The topological polar surface area (TPSA) is 0 Å². The fourth-order valence-corrected chi connectivity index (χ4v) is 1.90. The van der Waals surface area contributed by atoms with E-state index in [1.54, 1.807) is 0 Å². The molecule has 0 heteroatoms. The first-order valence-electron chi connectivity index (χ1n) is 3.29. The molecule has 0 heterocycles. The summed E-state index contributed by atoms with van der Waals surface area (Å²) in [6, 6.07) is 0. The third kappa shape index (κ3) is 0.336. The molecule has 0 radical (unpaired) electrons. The summed E-state index contributed by atoms with van der Waals surface area (Å²) in [5, 5.41) is 0. The Morgan fingerprint density at radius 3 is 2.12 bits per heavy atom. The van der Waals surface area contributed by atoms with Crippen LogP contribution in [0.25, 0.3) is 0 Å². The fourth-order valence-electron chi connectivity index (χ4n) is 1.90. The Balaban J connectivity index is 2.12. The van der Waals surface area contributed by atoms with E-state index in [1.165, 1.54) is 19.3 Å². The molecule has 0 amide bonds. The Labute approximate surface area is 50.3 Å². The SMILES string of the molecule is CC#CC12CC(C1)C2. The Bertz CT molecular complexity index is 151. The third-order valence-electron chi connectivity index (χ3n) is 2.43. The highest BCUT2D eigenvalue weighted by molar-refractivity contribution is 5.24. The molecule has 3 saturated carbocycles. The summed E-state index contributed by atoms with van der Waals surface area (Å²) in [7, 11) is 0. The van der Waals surface area contributed by atoms with E-state index in [9.17, 15) is 0 Å². The number of rotatable bonds is 0. The van der Waals surface area contributed by atoms with Crippen LogP contribution in [0.2, 0.25) is 0 Å². The van der Waals surface area contributed by atoms with E-state index >= 15 is 0 Å². The van der Waals surface area contributed by atoms with Crippen molar-refractivity contribution in [3.05, 3.63) is 0 Å². The fraction of sp³-hybridized carbons (Fsp3) is 0.750. The Morgan fingerprint density at radius 1 is 1.38 bits per heavy atom. The third-order valence-corrected chi connectivity index (χ3v) is 2.43. The first-order valence-corrected chi connectivity index (χ1v) is 3.29. The van der Waals surface area contributed by atoms with Gasteiger partial charge in [0.25, 0.3) is 0 Å². The molecule has 3 aliphatic carbocycles. The van der Waals surface area contributed by atoms with Gasteiger partial charge in [-0.25, -0.2) is 0 Å². The van der Waals surface area contributed by atoms with E-state index in [1.807, 2.05) is 6.92 Å². The van der Waals surface area contributed by atoms with Gasteiger partial charge in [-0.3, -0.25) is 0 Å². The minimum atomic E-state index is 0.555. The second-order valence-corrected chi connectivity index (χ2v) is 3.13. The van der Waals surface area contributed by atoms with Gasteiger partial charge in [-0.15, -0.1) is 5.92 Å². The van der Waals surface area contributed by atoms with Crippen LogP contribution in [-0.2, 0) is 0 Å². The van der Waals surface area contributed by atoms with Crippen molar-refractivity contribution < 1.29 is 0 Å². The molecule has 0 nitrogen and oxygen atoms in total. The molecule has 0 aromatic carbocycles. The molecular weight excluding hydrogens is 96.1 g/mol. The molecular formula is C8H10. The van der Waals surface area contributed by atoms with Gasteiger partial charge in [-0.05, 0) is 32.1 Å². The summed E-state index contributed by atoms with van der Waals surface area (Å²) >= 11 is 0. The monoisotopic (exact) mass is 106 g/mol. The van der Waals surface area contributed by atoms with Crippen LogP contribution in [0.3, 0.4) is 0 Å². The predicted octanol–water partition coefficient (Wildman–Crippen LogP) is 1.81. The van der Waals surface area contributed by atoms with Gasteiger partial charge in [-0.1, -0.05) is 5.92 Å². The summed E-state index contributed by atoms with van der Waals surface area (Å²) < 4.78 is 0. The maximum atomic E-state index is 3.27. The highest BCUT2D eigenvalue weighted by Crippen LogP contribution is 2.63. The van der Waals surface area contributed by atoms with E-state index in [2.05, 4.69) is 11.8 Å². The summed E-state index contributed by atoms with van der Waals surface area (Å²) in [6.45, 7) is 1.94. The van der Waals surface area contributed by atoms with Crippen molar-refractivity contribution in [2.75, 3.05) is 0 Å². The standard InChI is InChI=1S/C8H10/c1-2-3-8-4-7(5-8)6-8/h7H,4-6H2,1H3. The van der Waals surface area contributed by atoms with Crippen molar-refractivity contribution in [1.82, 2.24) is 0 Å². The minimum Gasteiger partial charge on any atom is -0.106 e. The zero-order chi connectivity index (χ0) is 5.61. The summed E-state index contributed by atoms with van der Waals surface area (Å²) in [4.78, 5) is 0. The van der Waals surface area contributed by atoms with Crippen LogP contribution in [0.4, 0.5) is 0 Å². The molecule has 42 valence electrons. The molecule has 2 bridgehead atoms. The summed E-state index contributed by atoms with van der Waals surface area (Å²) in [5.41, 5.74) is 0.555. The molecule has 3 rings (SSSR count). The summed E-state index contributed by atoms with van der Waals surface area (Å²) in [5.74, 6) is 7.35. The normalized spacial score (nSPS) is 47.9. The average molecular weight is 106 g/mol. The van der Waals surface area contributed by atoms with Crippen LogP contribution in [-0.4, -0.2) is 0 Å². The van der Waals surface area contributed by atoms with E-state index in [4.69, 9.17) is 0 Å². The molecule has 3 fully saturated rings. The van der Waals surface area contributed by atoms with Gasteiger partial charge >= 0.3 is 0 Å². The van der Waals surface area contributed by atoms with E-state index in [-0.39, 0.29) is 0 Å². The zero-order valence-corrected chi connectivity index (χ0v) is 5.20. The zero-order valence-electron chi connectivity index (χ0n) is 5.20. The molecule has 0 spiro atoms. The number of hydrogen-bond donors (Lipinski definition) is 0. The molecule has 3 aliphatic rings. The molecule has 0 unspecified atom stereocenters. The van der Waals surface area contributed by atoms with E-state index in [0.717, 1.165) is 5.92 Å². The Kier molecular flexibility index (Phi) is 0.612. The molecule has 0 aromatic heterocycles. The quantitative estimate of drug-likeness (QED) is 0.413. The second kappa shape index (κ2) is 1.10. The predicted molar refractivity (Wildman–Crippen MR) is 33.2 cm³/mol. The maximum absolute atomic E-state index is 3.27. The van der Waals surface area contributed by atoms with Gasteiger partial charge < -0.3 is 0 Å². The smallest absolute Gasteiger partial charge is 0.0322 e. The van der Waals surface area contributed by atoms with Crippen LogP contribution in [0, 0.1) is 23.2 Å². The highest BCUT2D eigenvalue weighted by Gasteiger charge is 2.55. The summed E-state index contributed by atoms with van der Waals surface area (Å²) in [6.07, 6.45) is 4.23. The molecule has 0 atom stereocenters. The van der Waals surface area contributed by atoms with Crippen molar-refractivity contribution in [1.29, 1.82) is 0 Å². The first-order chi connectivity index (χ1) is 3.85. The van der Waals surface area contributed by atoms with E-state index in [0.29, 0.717) is 5.41 Å². The van der Waals surface area contributed by atoms with E-state index < -0.39 is 0 Å². The van der Waals surface area contributed by atoms with Crippen LogP contribution in [0.5, 0.6) is 0 Å². The van der Waals surface area contributed by atoms with Crippen molar-refractivity contribution in [3.8, 4) is 11.8 Å². The largest absolute Gasteiger partial charge is 0.106 e. The molecule has 0 aliphatic heterocycles. The van der Waals surface area contributed by atoms with Crippen LogP contribution >= 0.6 is 0 Å². The van der Waals surface area contributed by atoms with Gasteiger partial charge in [0.15, 0.2) is 0 Å². The van der Waals surface area contributed by atoms with Crippen molar-refractivity contribution >= 4 is 0 Å². The highest BCUT2D eigenvalue weighted by atomic mass is 14.6. The molecule has 8 heavy (non-hydrogen) atoms. The lowest BCUT2D eigenvalue weighted by Gasteiger charge is -2.58. The maximum Gasteiger partial charge on any atom is 0.0322 e. The van der Waals surface area contributed by atoms with Gasteiger partial charge in [0, 0.05) is 5.41 Å². The Hall–Kier alpha value is -0.440. The van der Waals surface area contributed by atoms with Gasteiger partial charge in [0.05, 0.1) is 0 Å².